The van der Waals surface area contributed by atoms with E-state index in [1.807, 2.05) is 6.92 Å². The van der Waals surface area contributed by atoms with Crippen LogP contribution in [0.15, 0.2) is 18.3 Å². The average molecular weight is 223 g/mol. The zero-order chi connectivity index (χ0) is 12.0. The summed E-state index contributed by atoms with van der Waals surface area (Å²) in [5.41, 5.74) is 0.0841. The minimum absolute atomic E-state index is 0.0841. The van der Waals surface area contributed by atoms with Crippen LogP contribution in [0.2, 0.25) is 0 Å². The van der Waals surface area contributed by atoms with Gasteiger partial charge in [-0.25, -0.2) is 14.6 Å². The third-order valence-electron chi connectivity index (χ3n) is 1.78. The van der Waals surface area contributed by atoms with Crippen LogP contribution in [0, 0.1) is 0 Å². The van der Waals surface area contributed by atoms with Gasteiger partial charge in [-0.15, -0.1) is 0 Å². The molecular formula is C10H13N3O3. The Morgan fingerprint density at radius 3 is 2.88 bits per heavy atom. The summed E-state index contributed by atoms with van der Waals surface area (Å²) < 4.78 is 0. The average Bonchev–Trinajstić information content (AvgIpc) is 2.26. The molecule has 0 bridgehead atoms. The smallest absolute Gasteiger partial charge is 0.335 e. The minimum Gasteiger partial charge on any atom is -0.478 e. The first-order valence-electron chi connectivity index (χ1n) is 4.87. The van der Waals surface area contributed by atoms with Crippen molar-refractivity contribution >= 4 is 17.8 Å². The molecule has 0 unspecified atom stereocenters. The van der Waals surface area contributed by atoms with E-state index in [0.29, 0.717) is 6.54 Å². The molecule has 0 saturated heterocycles. The number of nitrogens with one attached hydrogen (secondary N) is 2. The van der Waals surface area contributed by atoms with Gasteiger partial charge in [0, 0.05) is 12.7 Å². The maximum absolute atomic E-state index is 11.2. The van der Waals surface area contributed by atoms with Gasteiger partial charge in [0.1, 0.15) is 5.82 Å². The fourth-order valence-corrected chi connectivity index (χ4v) is 1.03. The fourth-order valence-electron chi connectivity index (χ4n) is 1.03. The van der Waals surface area contributed by atoms with Gasteiger partial charge in [0.15, 0.2) is 0 Å². The van der Waals surface area contributed by atoms with Crippen LogP contribution < -0.4 is 10.6 Å². The van der Waals surface area contributed by atoms with Gasteiger partial charge in [-0.05, 0) is 18.6 Å². The molecule has 16 heavy (non-hydrogen) atoms. The van der Waals surface area contributed by atoms with Crippen molar-refractivity contribution in [1.82, 2.24) is 10.3 Å². The number of urea groups is 1. The number of carboxylic acid groups (broad SMARTS) is 1. The first-order chi connectivity index (χ1) is 7.63. The van der Waals surface area contributed by atoms with E-state index in [4.69, 9.17) is 5.11 Å². The highest BCUT2D eigenvalue weighted by Gasteiger charge is 2.06. The molecule has 0 atom stereocenters. The highest BCUT2D eigenvalue weighted by atomic mass is 16.4. The van der Waals surface area contributed by atoms with E-state index in [9.17, 15) is 9.59 Å². The molecule has 0 saturated carbocycles. The lowest BCUT2D eigenvalue weighted by atomic mass is 10.2. The predicted molar refractivity (Wildman–Crippen MR) is 58.5 cm³/mol. The SMILES string of the molecule is CCCNC(=O)Nc1cc(C(=O)O)ccn1. The molecular weight excluding hydrogens is 210 g/mol. The number of pyridine rings is 1. The number of carboxylic acids is 1. The lowest BCUT2D eigenvalue weighted by Crippen LogP contribution is -2.29. The second-order valence-corrected chi connectivity index (χ2v) is 3.12. The normalized spacial score (nSPS) is 9.56. The summed E-state index contributed by atoms with van der Waals surface area (Å²) in [5.74, 6) is -0.840. The molecule has 2 amide bonds. The van der Waals surface area contributed by atoms with Crippen LogP contribution in [0.3, 0.4) is 0 Å². The Kier molecular flexibility index (Phi) is 4.26. The molecule has 0 aliphatic rings. The van der Waals surface area contributed by atoms with Crippen LogP contribution in [0.1, 0.15) is 23.7 Å². The number of rotatable bonds is 4. The number of carbonyl (C=O) groups is 2. The van der Waals surface area contributed by atoms with Crippen molar-refractivity contribution in [2.45, 2.75) is 13.3 Å². The largest absolute Gasteiger partial charge is 0.478 e. The first kappa shape index (κ1) is 12.0. The van der Waals surface area contributed by atoms with Gasteiger partial charge in [-0.3, -0.25) is 5.32 Å². The van der Waals surface area contributed by atoms with Gasteiger partial charge in [-0.1, -0.05) is 6.92 Å². The number of aromatic carboxylic acids is 1. The molecule has 0 fully saturated rings. The van der Waals surface area contributed by atoms with Crippen molar-refractivity contribution in [3.05, 3.63) is 23.9 Å². The second-order valence-electron chi connectivity index (χ2n) is 3.12. The van der Waals surface area contributed by atoms with Crippen LogP contribution in [0.5, 0.6) is 0 Å². The molecule has 6 nitrogen and oxygen atoms in total. The van der Waals surface area contributed by atoms with E-state index >= 15 is 0 Å². The molecule has 0 spiro atoms. The summed E-state index contributed by atoms with van der Waals surface area (Å²) >= 11 is 0. The highest BCUT2D eigenvalue weighted by molar-refractivity contribution is 5.91. The van der Waals surface area contributed by atoms with Gasteiger partial charge in [0.2, 0.25) is 0 Å². The summed E-state index contributed by atoms with van der Waals surface area (Å²) in [6.07, 6.45) is 2.16. The van der Waals surface area contributed by atoms with E-state index < -0.39 is 12.0 Å². The van der Waals surface area contributed by atoms with Crippen LogP contribution in [0.25, 0.3) is 0 Å². The molecule has 1 aromatic rings. The van der Waals surface area contributed by atoms with Crippen molar-refractivity contribution in [3.63, 3.8) is 0 Å². The first-order valence-corrected chi connectivity index (χ1v) is 4.87. The van der Waals surface area contributed by atoms with Gasteiger partial charge in [0.05, 0.1) is 5.56 Å². The molecule has 1 aromatic heterocycles. The summed E-state index contributed by atoms with van der Waals surface area (Å²) in [7, 11) is 0. The molecule has 0 aromatic carbocycles. The number of aromatic nitrogens is 1. The Bertz CT molecular complexity index is 393. The van der Waals surface area contributed by atoms with Crippen molar-refractivity contribution in [3.8, 4) is 0 Å². The number of anilines is 1. The number of nitrogens with zero attached hydrogens (tertiary/aromatic N) is 1. The molecule has 6 heteroatoms. The quantitative estimate of drug-likeness (QED) is 0.717. The molecule has 0 aliphatic heterocycles. The summed E-state index contributed by atoms with van der Waals surface area (Å²) in [5, 5.41) is 13.8. The van der Waals surface area contributed by atoms with Crippen LogP contribution in [0.4, 0.5) is 10.6 Å². The van der Waals surface area contributed by atoms with Gasteiger partial charge >= 0.3 is 12.0 Å². The van der Waals surface area contributed by atoms with E-state index in [0.717, 1.165) is 6.42 Å². The van der Waals surface area contributed by atoms with Crippen molar-refractivity contribution in [1.29, 1.82) is 0 Å². The van der Waals surface area contributed by atoms with E-state index in [-0.39, 0.29) is 11.4 Å². The lowest BCUT2D eigenvalue weighted by Gasteiger charge is -2.05. The Labute approximate surface area is 92.7 Å². The maximum Gasteiger partial charge on any atom is 0.335 e. The lowest BCUT2D eigenvalue weighted by molar-refractivity contribution is 0.0696. The third-order valence-corrected chi connectivity index (χ3v) is 1.78. The van der Waals surface area contributed by atoms with E-state index in [1.165, 1.54) is 18.3 Å². The van der Waals surface area contributed by atoms with Gasteiger partial charge in [0.25, 0.3) is 0 Å². The number of amides is 2. The topological polar surface area (TPSA) is 91.3 Å². The summed E-state index contributed by atoms with van der Waals surface area (Å²) in [6, 6.07) is 2.27. The van der Waals surface area contributed by atoms with Crippen LogP contribution in [-0.2, 0) is 0 Å². The fraction of sp³-hybridized carbons (Fsp3) is 0.300. The Morgan fingerprint density at radius 1 is 1.50 bits per heavy atom. The number of hydrogen-bond donors (Lipinski definition) is 3. The molecule has 0 aliphatic carbocycles. The standard InChI is InChI=1S/C10H13N3O3/c1-2-4-12-10(16)13-8-6-7(9(14)15)3-5-11-8/h3,5-6H,2,4H2,1H3,(H,14,15)(H2,11,12,13,16). The maximum atomic E-state index is 11.2. The highest BCUT2D eigenvalue weighted by Crippen LogP contribution is 2.06. The van der Waals surface area contributed by atoms with Crippen molar-refractivity contribution in [2.24, 2.45) is 0 Å². The van der Waals surface area contributed by atoms with Crippen molar-refractivity contribution in [2.75, 3.05) is 11.9 Å². The van der Waals surface area contributed by atoms with Gasteiger partial charge < -0.3 is 10.4 Å². The summed E-state index contributed by atoms with van der Waals surface area (Å²) in [4.78, 5) is 25.7. The molecule has 3 N–H and O–H groups in total. The molecule has 86 valence electrons. The van der Waals surface area contributed by atoms with Crippen molar-refractivity contribution < 1.29 is 14.7 Å². The molecule has 0 radical (unpaired) electrons. The number of hydrogen-bond acceptors (Lipinski definition) is 3. The predicted octanol–water partition coefficient (Wildman–Crippen LogP) is 1.31. The second kappa shape index (κ2) is 5.69. The Balaban J connectivity index is 2.63. The Hall–Kier alpha value is -2.11. The number of carbonyl (C=O) groups excluding carboxylic acids is 1. The zero-order valence-corrected chi connectivity index (χ0v) is 8.86. The van der Waals surface area contributed by atoms with E-state index in [1.54, 1.807) is 0 Å². The van der Waals surface area contributed by atoms with Gasteiger partial charge in [-0.2, -0.15) is 0 Å². The molecule has 1 rings (SSSR count). The third kappa shape index (κ3) is 3.56. The van der Waals surface area contributed by atoms with E-state index in [2.05, 4.69) is 15.6 Å². The monoisotopic (exact) mass is 223 g/mol. The molecule has 1 heterocycles. The summed E-state index contributed by atoms with van der Waals surface area (Å²) in [6.45, 7) is 2.49. The van der Waals surface area contributed by atoms with Crippen LogP contribution >= 0.6 is 0 Å². The zero-order valence-electron chi connectivity index (χ0n) is 8.86. The minimum atomic E-state index is -1.06. The van der Waals surface area contributed by atoms with Crippen LogP contribution in [-0.4, -0.2) is 28.6 Å². The Morgan fingerprint density at radius 2 is 2.25 bits per heavy atom.